The van der Waals surface area contributed by atoms with E-state index >= 15 is 0 Å². The Morgan fingerprint density at radius 2 is 2.18 bits per heavy atom. The second kappa shape index (κ2) is 7.95. The largest absolute Gasteiger partial charge is 0.481 e. The van der Waals surface area contributed by atoms with Crippen LogP contribution in [0.25, 0.3) is 0 Å². The van der Waals surface area contributed by atoms with Crippen molar-refractivity contribution in [3.05, 3.63) is 24.0 Å². The molecule has 1 amide bonds. The number of aliphatic carboxylic acids is 1. The fraction of sp³-hybridized carbons (Fsp3) is 0.385. The van der Waals surface area contributed by atoms with E-state index in [9.17, 15) is 9.59 Å². The summed E-state index contributed by atoms with van der Waals surface area (Å²) in [7, 11) is 0. The van der Waals surface area contributed by atoms with Gasteiger partial charge in [-0.3, -0.25) is 9.59 Å². The van der Waals surface area contributed by atoms with Crippen molar-refractivity contribution in [3.8, 4) is 0 Å². The molecule has 0 saturated carbocycles. The highest BCUT2D eigenvalue weighted by Gasteiger charge is 2.10. The lowest BCUT2D eigenvalue weighted by atomic mass is 10.3. The van der Waals surface area contributed by atoms with Gasteiger partial charge >= 0.3 is 5.97 Å². The first-order valence-electron chi connectivity index (χ1n) is 6.60. The van der Waals surface area contributed by atoms with Crippen LogP contribution in [0.3, 0.4) is 0 Å². The maximum Gasteiger partial charge on any atom is 0.303 e. The van der Waals surface area contributed by atoms with E-state index in [0.717, 1.165) is 16.4 Å². The van der Waals surface area contributed by atoms with Gasteiger partial charge in [-0.05, 0) is 0 Å². The van der Waals surface area contributed by atoms with E-state index in [-0.39, 0.29) is 18.7 Å². The number of hydrogen-bond acceptors (Lipinski definition) is 7. The third-order valence-electron chi connectivity index (χ3n) is 2.58. The molecular weight excluding hydrogens is 326 g/mol. The highest BCUT2D eigenvalue weighted by Crippen LogP contribution is 2.30. The van der Waals surface area contributed by atoms with Crippen LogP contribution < -0.4 is 5.32 Å². The highest BCUT2D eigenvalue weighted by atomic mass is 32.2. The van der Waals surface area contributed by atoms with Crippen LogP contribution in [-0.4, -0.2) is 27.0 Å². The van der Waals surface area contributed by atoms with Gasteiger partial charge in [0.15, 0.2) is 5.13 Å². The lowest BCUT2D eigenvalue weighted by Crippen LogP contribution is -2.12. The number of amides is 1. The molecule has 0 aliphatic carbocycles. The first-order valence-corrected chi connectivity index (χ1v) is 8.41. The Morgan fingerprint density at radius 3 is 2.86 bits per heavy atom. The predicted molar refractivity (Wildman–Crippen MR) is 83.1 cm³/mol. The van der Waals surface area contributed by atoms with Crippen molar-refractivity contribution in [2.45, 2.75) is 36.1 Å². The number of rotatable bonds is 8. The van der Waals surface area contributed by atoms with Crippen LogP contribution in [0.2, 0.25) is 0 Å². The molecule has 2 aromatic rings. The van der Waals surface area contributed by atoms with Crippen molar-refractivity contribution in [1.82, 2.24) is 9.97 Å². The van der Waals surface area contributed by atoms with Crippen molar-refractivity contribution in [1.29, 1.82) is 0 Å². The van der Waals surface area contributed by atoms with Crippen molar-refractivity contribution < 1.29 is 19.1 Å². The molecule has 7 nitrogen and oxygen atoms in total. The number of aromatic nitrogens is 2. The lowest BCUT2D eigenvalue weighted by molar-refractivity contribution is -0.138. The maximum absolute atomic E-state index is 11.5. The normalized spacial score (nSPS) is 10.6. The number of hydrogen-bond donors (Lipinski definition) is 2. The van der Waals surface area contributed by atoms with Crippen molar-refractivity contribution in [2.24, 2.45) is 0 Å². The van der Waals surface area contributed by atoms with E-state index in [1.807, 2.05) is 6.92 Å². The van der Waals surface area contributed by atoms with Crippen LogP contribution in [-0.2, 0) is 21.8 Å². The van der Waals surface area contributed by atoms with Crippen LogP contribution >= 0.6 is 23.1 Å². The van der Waals surface area contributed by atoms with Gasteiger partial charge in [0.05, 0.1) is 28.8 Å². The molecule has 0 saturated heterocycles. The number of carboxylic acids is 1. The number of carbonyl (C=O) groups is 2. The molecule has 0 bridgehead atoms. The number of anilines is 1. The van der Waals surface area contributed by atoms with E-state index in [1.54, 1.807) is 12.4 Å². The van der Waals surface area contributed by atoms with Crippen molar-refractivity contribution >= 4 is 40.1 Å². The minimum atomic E-state index is -0.997. The van der Waals surface area contributed by atoms with Gasteiger partial charge in [0.1, 0.15) is 5.76 Å². The van der Waals surface area contributed by atoms with Gasteiger partial charge < -0.3 is 14.8 Å². The molecule has 118 valence electrons. The molecule has 2 N–H and O–H groups in total. The Hall–Kier alpha value is -1.87. The fourth-order valence-corrected chi connectivity index (χ4v) is 3.24. The SMILES string of the molecule is CCc1cnc(CSc2cnc(NC(=O)CCC(=O)O)s2)o1. The summed E-state index contributed by atoms with van der Waals surface area (Å²) in [6.07, 6.45) is 3.93. The maximum atomic E-state index is 11.5. The van der Waals surface area contributed by atoms with E-state index in [1.165, 1.54) is 23.1 Å². The number of thioether (sulfide) groups is 1. The summed E-state index contributed by atoms with van der Waals surface area (Å²) < 4.78 is 6.43. The fourth-order valence-electron chi connectivity index (χ4n) is 1.50. The van der Waals surface area contributed by atoms with Gasteiger partial charge in [-0.15, -0.1) is 11.8 Å². The van der Waals surface area contributed by atoms with E-state index in [0.29, 0.717) is 16.8 Å². The molecule has 9 heteroatoms. The van der Waals surface area contributed by atoms with Gasteiger partial charge in [0, 0.05) is 12.8 Å². The molecule has 0 aliphatic heterocycles. The third kappa shape index (κ3) is 5.15. The van der Waals surface area contributed by atoms with Gasteiger partial charge in [0.2, 0.25) is 11.8 Å². The molecule has 2 aromatic heterocycles. The summed E-state index contributed by atoms with van der Waals surface area (Å²) in [6, 6.07) is 0. The molecule has 2 rings (SSSR count). The zero-order valence-electron chi connectivity index (χ0n) is 11.9. The van der Waals surface area contributed by atoms with Crippen LogP contribution in [0.15, 0.2) is 21.0 Å². The Kier molecular flexibility index (Phi) is 5.96. The standard InChI is InChI=1S/C13H15N3O4S2/c1-2-8-5-14-10(20-8)7-21-12-6-15-13(22-12)16-9(17)3-4-11(18)19/h5-6H,2-4,7H2,1H3,(H,18,19)(H,15,16,17). The summed E-state index contributed by atoms with van der Waals surface area (Å²) in [5.74, 6) is 0.749. The topological polar surface area (TPSA) is 105 Å². The molecule has 0 fully saturated rings. The highest BCUT2D eigenvalue weighted by molar-refractivity contribution is 8.00. The zero-order valence-corrected chi connectivity index (χ0v) is 13.5. The molecule has 2 heterocycles. The third-order valence-corrected chi connectivity index (χ3v) is 4.68. The van der Waals surface area contributed by atoms with Crippen LogP contribution in [0.4, 0.5) is 5.13 Å². The molecule has 0 atom stereocenters. The molecule has 0 unspecified atom stereocenters. The smallest absolute Gasteiger partial charge is 0.303 e. The van der Waals surface area contributed by atoms with Crippen molar-refractivity contribution in [3.63, 3.8) is 0 Å². The number of thiazole rings is 1. The number of aryl methyl sites for hydroxylation is 1. The molecule has 0 spiro atoms. The van der Waals surface area contributed by atoms with Gasteiger partial charge in [-0.1, -0.05) is 18.3 Å². The Bertz CT molecular complexity index is 653. The van der Waals surface area contributed by atoms with Gasteiger partial charge in [-0.2, -0.15) is 0 Å². The average Bonchev–Trinajstić information content (AvgIpc) is 3.11. The zero-order chi connectivity index (χ0) is 15.9. The first kappa shape index (κ1) is 16.5. The second-order valence-electron chi connectivity index (χ2n) is 4.29. The predicted octanol–water partition coefficient (Wildman–Crippen LogP) is 2.79. The summed E-state index contributed by atoms with van der Waals surface area (Å²) in [5, 5.41) is 11.6. The summed E-state index contributed by atoms with van der Waals surface area (Å²) >= 11 is 2.85. The Labute approximate surface area is 135 Å². The molecule has 0 aliphatic rings. The minimum Gasteiger partial charge on any atom is -0.481 e. The van der Waals surface area contributed by atoms with Gasteiger partial charge in [-0.25, -0.2) is 9.97 Å². The van der Waals surface area contributed by atoms with E-state index in [2.05, 4.69) is 15.3 Å². The lowest BCUT2D eigenvalue weighted by Gasteiger charge is -1.98. The number of carboxylic acid groups (broad SMARTS) is 1. The molecule has 0 aromatic carbocycles. The van der Waals surface area contributed by atoms with Crippen molar-refractivity contribution in [2.75, 3.05) is 5.32 Å². The Morgan fingerprint density at radius 1 is 1.36 bits per heavy atom. The summed E-state index contributed by atoms with van der Waals surface area (Å²) in [5.41, 5.74) is 0. The van der Waals surface area contributed by atoms with Crippen LogP contribution in [0, 0.1) is 0 Å². The number of nitrogens with one attached hydrogen (secondary N) is 1. The Balaban J connectivity index is 1.80. The number of nitrogens with zero attached hydrogens (tertiary/aromatic N) is 2. The van der Waals surface area contributed by atoms with Gasteiger partial charge in [0.25, 0.3) is 0 Å². The summed E-state index contributed by atoms with van der Waals surface area (Å²) in [6.45, 7) is 2.00. The van der Waals surface area contributed by atoms with E-state index in [4.69, 9.17) is 9.52 Å². The first-order chi connectivity index (χ1) is 10.6. The van der Waals surface area contributed by atoms with Crippen LogP contribution in [0.5, 0.6) is 0 Å². The number of carbonyl (C=O) groups excluding carboxylic acids is 1. The molecule has 22 heavy (non-hydrogen) atoms. The quantitative estimate of drug-likeness (QED) is 0.711. The van der Waals surface area contributed by atoms with E-state index < -0.39 is 5.97 Å². The summed E-state index contributed by atoms with van der Waals surface area (Å²) in [4.78, 5) is 30.1. The minimum absolute atomic E-state index is 0.0620. The number of oxazole rings is 1. The van der Waals surface area contributed by atoms with Crippen LogP contribution in [0.1, 0.15) is 31.4 Å². The second-order valence-corrected chi connectivity index (χ2v) is 6.60. The molecular formula is C13H15N3O4S2. The average molecular weight is 341 g/mol. The molecule has 0 radical (unpaired) electrons. The monoisotopic (exact) mass is 341 g/mol.